The number of guanidine groups is 1. The van der Waals surface area contributed by atoms with E-state index < -0.39 is 0 Å². The van der Waals surface area contributed by atoms with Crippen LogP contribution in [-0.4, -0.2) is 62.8 Å². The number of likely N-dealkylation sites (tertiary alicyclic amines) is 1. The molecule has 2 fully saturated rings. The van der Waals surface area contributed by atoms with E-state index in [-0.39, 0.29) is 5.41 Å². The Morgan fingerprint density at radius 2 is 2.00 bits per heavy atom. The number of rotatable bonds is 6. The molecule has 2 saturated heterocycles. The Kier molecular flexibility index (Phi) is 6.50. The molecule has 0 aromatic carbocycles. The summed E-state index contributed by atoms with van der Waals surface area (Å²) < 4.78 is 5.31. The molecule has 0 aromatic heterocycles. The summed E-state index contributed by atoms with van der Waals surface area (Å²) in [7, 11) is 0. The van der Waals surface area contributed by atoms with Gasteiger partial charge in [-0.1, -0.05) is 20.8 Å². The SMILES string of the molecule is CCNC(=NCC1(C)COC1)NC1CCN(CC(C)C)CC1. The van der Waals surface area contributed by atoms with Crippen molar-refractivity contribution >= 4 is 5.96 Å². The standard InChI is InChI=1S/C17H34N4O/c1-5-18-16(19-11-17(4)12-22-13-17)20-15-6-8-21(9-7-15)10-14(2)3/h14-15H,5-13H2,1-4H3,(H2,18,19,20). The van der Waals surface area contributed by atoms with Crippen LogP contribution in [0.3, 0.4) is 0 Å². The molecule has 128 valence electrons. The summed E-state index contributed by atoms with van der Waals surface area (Å²) in [6.07, 6.45) is 2.41. The fourth-order valence-electron chi connectivity index (χ4n) is 3.10. The molecule has 0 saturated carbocycles. The summed E-state index contributed by atoms with van der Waals surface area (Å²) in [4.78, 5) is 7.35. The Balaban J connectivity index is 1.77. The van der Waals surface area contributed by atoms with Crippen LogP contribution in [0.2, 0.25) is 0 Å². The number of aliphatic imine (C=N–C) groups is 1. The van der Waals surface area contributed by atoms with Crippen molar-refractivity contribution in [2.24, 2.45) is 16.3 Å². The predicted octanol–water partition coefficient (Wildman–Crippen LogP) is 1.70. The topological polar surface area (TPSA) is 48.9 Å². The number of hydrogen-bond acceptors (Lipinski definition) is 3. The van der Waals surface area contributed by atoms with Crippen molar-refractivity contribution in [3.8, 4) is 0 Å². The van der Waals surface area contributed by atoms with E-state index in [0.717, 1.165) is 38.2 Å². The molecule has 2 aliphatic heterocycles. The second-order valence-corrected chi connectivity index (χ2v) is 7.61. The van der Waals surface area contributed by atoms with Crippen LogP contribution in [0.5, 0.6) is 0 Å². The first-order chi connectivity index (χ1) is 10.5. The second-order valence-electron chi connectivity index (χ2n) is 7.61. The van der Waals surface area contributed by atoms with E-state index in [2.05, 4.69) is 43.2 Å². The molecule has 0 spiro atoms. The lowest BCUT2D eigenvalue weighted by Crippen LogP contribution is -2.50. The predicted molar refractivity (Wildman–Crippen MR) is 92.3 cm³/mol. The van der Waals surface area contributed by atoms with Crippen LogP contribution in [-0.2, 0) is 4.74 Å². The first-order valence-electron chi connectivity index (χ1n) is 8.86. The van der Waals surface area contributed by atoms with Gasteiger partial charge in [0.1, 0.15) is 0 Å². The average molecular weight is 310 g/mol. The molecule has 0 radical (unpaired) electrons. The lowest BCUT2D eigenvalue weighted by atomic mass is 9.89. The molecular weight excluding hydrogens is 276 g/mol. The van der Waals surface area contributed by atoms with Gasteiger partial charge in [-0.15, -0.1) is 0 Å². The zero-order valence-corrected chi connectivity index (χ0v) is 14.8. The summed E-state index contributed by atoms with van der Waals surface area (Å²) in [6, 6.07) is 0.548. The smallest absolute Gasteiger partial charge is 0.191 e. The molecular formula is C17H34N4O. The van der Waals surface area contributed by atoms with Crippen molar-refractivity contribution in [1.82, 2.24) is 15.5 Å². The van der Waals surface area contributed by atoms with Crippen molar-refractivity contribution in [2.45, 2.75) is 46.6 Å². The minimum Gasteiger partial charge on any atom is -0.380 e. The van der Waals surface area contributed by atoms with Crippen LogP contribution in [0.1, 0.15) is 40.5 Å². The van der Waals surface area contributed by atoms with Gasteiger partial charge < -0.3 is 20.3 Å². The molecule has 5 heteroatoms. The van der Waals surface area contributed by atoms with Crippen LogP contribution in [0, 0.1) is 11.3 Å². The molecule has 2 N–H and O–H groups in total. The van der Waals surface area contributed by atoms with Gasteiger partial charge in [0, 0.05) is 37.6 Å². The maximum absolute atomic E-state index is 5.31. The molecule has 2 heterocycles. The van der Waals surface area contributed by atoms with Crippen LogP contribution >= 0.6 is 0 Å². The van der Waals surface area contributed by atoms with E-state index in [4.69, 9.17) is 9.73 Å². The summed E-state index contributed by atoms with van der Waals surface area (Å²) in [5.41, 5.74) is 0.239. The molecule has 22 heavy (non-hydrogen) atoms. The van der Waals surface area contributed by atoms with Gasteiger partial charge in [0.15, 0.2) is 5.96 Å². The van der Waals surface area contributed by atoms with Crippen LogP contribution in [0.4, 0.5) is 0 Å². The van der Waals surface area contributed by atoms with Crippen LogP contribution < -0.4 is 10.6 Å². The van der Waals surface area contributed by atoms with E-state index in [1.165, 1.54) is 32.5 Å². The largest absolute Gasteiger partial charge is 0.380 e. The monoisotopic (exact) mass is 310 g/mol. The molecule has 2 rings (SSSR count). The van der Waals surface area contributed by atoms with Gasteiger partial charge in [0.25, 0.3) is 0 Å². The molecule has 0 atom stereocenters. The Labute approximate surface area is 135 Å². The van der Waals surface area contributed by atoms with Crippen LogP contribution in [0.15, 0.2) is 4.99 Å². The van der Waals surface area contributed by atoms with Gasteiger partial charge in [-0.2, -0.15) is 0 Å². The molecule has 5 nitrogen and oxygen atoms in total. The third kappa shape index (κ3) is 5.43. The van der Waals surface area contributed by atoms with E-state index in [1.807, 2.05) is 0 Å². The number of nitrogens with one attached hydrogen (secondary N) is 2. The molecule has 0 amide bonds. The Hall–Kier alpha value is -0.810. The Morgan fingerprint density at radius 1 is 1.32 bits per heavy atom. The van der Waals surface area contributed by atoms with Crippen molar-refractivity contribution in [1.29, 1.82) is 0 Å². The minimum atomic E-state index is 0.239. The van der Waals surface area contributed by atoms with Gasteiger partial charge in [-0.05, 0) is 25.7 Å². The second kappa shape index (κ2) is 8.16. The van der Waals surface area contributed by atoms with Gasteiger partial charge in [0.2, 0.25) is 0 Å². The van der Waals surface area contributed by atoms with E-state index in [1.54, 1.807) is 0 Å². The van der Waals surface area contributed by atoms with Gasteiger partial charge in [0.05, 0.1) is 19.8 Å². The molecule has 2 aliphatic rings. The highest BCUT2D eigenvalue weighted by Gasteiger charge is 2.33. The third-order valence-electron chi connectivity index (χ3n) is 4.42. The zero-order valence-electron chi connectivity index (χ0n) is 14.8. The third-order valence-corrected chi connectivity index (χ3v) is 4.42. The number of piperidine rings is 1. The Bertz CT molecular complexity index is 358. The number of ether oxygens (including phenoxy) is 1. The number of hydrogen-bond donors (Lipinski definition) is 2. The molecule has 0 bridgehead atoms. The van der Waals surface area contributed by atoms with Crippen molar-refractivity contribution in [3.05, 3.63) is 0 Å². The van der Waals surface area contributed by atoms with E-state index in [0.29, 0.717) is 6.04 Å². The normalized spacial score (nSPS) is 23.4. The quantitative estimate of drug-likeness (QED) is 0.579. The van der Waals surface area contributed by atoms with Crippen LogP contribution in [0.25, 0.3) is 0 Å². The summed E-state index contributed by atoms with van der Waals surface area (Å²) >= 11 is 0. The molecule has 0 aliphatic carbocycles. The van der Waals surface area contributed by atoms with Crippen molar-refractivity contribution in [3.63, 3.8) is 0 Å². The fourth-order valence-corrected chi connectivity index (χ4v) is 3.10. The van der Waals surface area contributed by atoms with Gasteiger partial charge in [-0.3, -0.25) is 4.99 Å². The van der Waals surface area contributed by atoms with E-state index >= 15 is 0 Å². The highest BCUT2D eigenvalue weighted by atomic mass is 16.5. The summed E-state index contributed by atoms with van der Waals surface area (Å²) in [5.74, 6) is 1.73. The minimum absolute atomic E-state index is 0.239. The highest BCUT2D eigenvalue weighted by Crippen LogP contribution is 2.26. The number of nitrogens with zero attached hydrogens (tertiary/aromatic N) is 2. The van der Waals surface area contributed by atoms with E-state index in [9.17, 15) is 0 Å². The summed E-state index contributed by atoms with van der Waals surface area (Å²) in [6.45, 7) is 16.0. The lowest BCUT2D eigenvalue weighted by molar-refractivity contribution is -0.0945. The summed E-state index contributed by atoms with van der Waals surface area (Å²) in [5, 5.41) is 7.00. The highest BCUT2D eigenvalue weighted by molar-refractivity contribution is 5.80. The van der Waals surface area contributed by atoms with Gasteiger partial charge >= 0.3 is 0 Å². The first-order valence-corrected chi connectivity index (χ1v) is 8.86. The Morgan fingerprint density at radius 3 is 2.50 bits per heavy atom. The molecule has 0 unspecified atom stereocenters. The molecule has 0 aromatic rings. The fraction of sp³-hybridized carbons (Fsp3) is 0.941. The maximum atomic E-state index is 5.31. The average Bonchev–Trinajstić information content (AvgIpc) is 2.44. The van der Waals surface area contributed by atoms with Crippen molar-refractivity contribution < 1.29 is 4.74 Å². The zero-order chi connectivity index (χ0) is 16.0. The lowest BCUT2D eigenvalue weighted by Gasteiger charge is -2.37. The first kappa shape index (κ1) is 17.5. The van der Waals surface area contributed by atoms with Gasteiger partial charge in [-0.25, -0.2) is 0 Å². The van der Waals surface area contributed by atoms with Crippen molar-refractivity contribution in [2.75, 3.05) is 45.9 Å². The maximum Gasteiger partial charge on any atom is 0.191 e.